The van der Waals surface area contributed by atoms with Gasteiger partial charge in [0.05, 0.1) is 13.1 Å². The number of aromatic nitrogens is 4. The van der Waals surface area contributed by atoms with E-state index >= 15 is 0 Å². The van der Waals surface area contributed by atoms with Crippen molar-refractivity contribution in [2.24, 2.45) is 0 Å². The monoisotopic (exact) mass is 260 g/mol. The first-order chi connectivity index (χ1) is 9.22. The molecule has 0 aromatic carbocycles. The van der Waals surface area contributed by atoms with Gasteiger partial charge in [0.1, 0.15) is 6.33 Å². The van der Waals surface area contributed by atoms with Crippen molar-refractivity contribution in [1.29, 1.82) is 0 Å². The summed E-state index contributed by atoms with van der Waals surface area (Å²) < 4.78 is 1.58. The lowest BCUT2D eigenvalue weighted by atomic mass is 10.2. The van der Waals surface area contributed by atoms with Crippen LogP contribution in [0.3, 0.4) is 0 Å². The second-order valence-corrected chi connectivity index (χ2v) is 4.31. The molecule has 1 aliphatic heterocycles. The SMILES string of the molecule is O=C1CN(CCc2cnc3ncnn3c2)C(=O)CN1. The number of hydrogen-bond donors (Lipinski definition) is 1. The van der Waals surface area contributed by atoms with Gasteiger partial charge in [-0.3, -0.25) is 9.59 Å². The van der Waals surface area contributed by atoms with E-state index in [0.29, 0.717) is 18.7 Å². The molecule has 98 valence electrons. The molecule has 0 radical (unpaired) electrons. The van der Waals surface area contributed by atoms with E-state index in [1.165, 1.54) is 6.33 Å². The molecular formula is C11H12N6O2. The molecule has 1 aliphatic rings. The van der Waals surface area contributed by atoms with Gasteiger partial charge in [0.15, 0.2) is 0 Å². The average molecular weight is 260 g/mol. The summed E-state index contributed by atoms with van der Waals surface area (Å²) in [6, 6.07) is 0. The molecular weight excluding hydrogens is 248 g/mol. The number of rotatable bonds is 3. The molecule has 8 heteroatoms. The standard InChI is InChI=1S/C11H12N6O2/c18-9-6-16(10(19)4-12-9)2-1-8-3-13-11-14-7-15-17(11)5-8/h3,5,7H,1-2,4,6H2,(H,12,18). The molecule has 19 heavy (non-hydrogen) atoms. The van der Waals surface area contributed by atoms with Crippen LogP contribution in [-0.2, 0) is 16.0 Å². The Balaban J connectivity index is 1.67. The lowest BCUT2D eigenvalue weighted by Crippen LogP contribution is -2.52. The van der Waals surface area contributed by atoms with Crippen LogP contribution in [-0.4, -0.2) is 55.9 Å². The van der Waals surface area contributed by atoms with E-state index in [0.717, 1.165) is 5.56 Å². The number of carbonyl (C=O) groups excluding carboxylic acids is 2. The van der Waals surface area contributed by atoms with Crippen LogP contribution in [0.2, 0.25) is 0 Å². The predicted octanol–water partition coefficient (Wildman–Crippen LogP) is -1.37. The largest absolute Gasteiger partial charge is 0.345 e. The first-order valence-electron chi connectivity index (χ1n) is 5.91. The maximum Gasteiger partial charge on any atom is 0.252 e. The first-order valence-corrected chi connectivity index (χ1v) is 5.91. The van der Waals surface area contributed by atoms with Crippen LogP contribution in [0.1, 0.15) is 5.56 Å². The van der Waals surface area contributed by atoms with Crippen molar-refractivity contribution >= 4 is 17.6 Å². The van der Waals surface area contributed by atoms with Crippen molar-refractivity contribution in [1.82, 2.24) is 29.8 Å². The maximum atomic E-state index is 11.6. The van der Waals surface area contributed by atoms with Gasteiger partial charge in [0.25, 0.3) is 5.78 Å². The smallest absolute Gasteiger partial charge is 0.252 e. The number of amides is 2. The molecule has 8 nitrogen and oxygen atoms in total. The summed E-state index contributed by atoms with van der Waals surface area (Å²) in [5.41, 5.74) is 0.941. The molecule has 2 aromatic rings. The zero-order valence-electron chi connectivity index (χ0n) is 10.1. The van der Waals surface area contributed by atoms with Gasteiger partial charge >= 0.3 is 0 Å². The van der Waals surface area contributed by atoms with Crippen molar-refractivity contribution in [3.8, 4) is 0 Å². The van der Waals surface area contributed by atoms with Gasteiger partial charge in [-0.1, -0.05) is 0 Å². The van der Waals surface area contributed by atoms with Gasteiger partial charge in [0, 0.05) is 18.9 Å². The average Bonchev–Trinajstić information content (AvgIpc) is 2.87. The number of fused-ring (bicyclic) bond motifs is 1. The normalized spacial score (nSPS) is 15.9. The van der Waals surface area contributed by atoms with E-state index < -0.39 is 0 Å². The minimum absolute atomic E-state index is 0.0607. The van der Waals surface area contributed by atoms with Gasteiger partial charge in [-0.25, -0.2) is 9.50 Å². The highest BCUT2D eigenvalue weighted by Crippen LogP contribution is 2.03. The van der Waals surface area contributed by atoms with Gasteiger partial charge in [0.2, 0.25) is 11.8 Å². The van der Waals surface area contributed by atoms with E-state index in [4.69, 9.17) is 0 Å². The van der Waals surface area contributed by atoms with Crippen molar-refractivity contribution < 1.29 is 9.59 Å². The van der Waals surface area contributed by atoms with Gasteiger partial charge in [-0.2, -0.15) is 10.1 Å². The Morgan fingerprint density at radius 2 is 2.21 bits per heavy atom. The zero-order valence-corrected chi connectivity index (χ0v) is 10.1. The minimum Gasteiger partial charge on any atom is -0.345 e. The van der Waals surface area contributed by atoms with Gasteiger partial charge < -0.3 is 10.2 Å². The highest BCUT2D eigenvalue weighted by atomic mass is 16.2. The molecule has 0 unspecified atom stereocenters. The fourth-order valence-corrected chi connectivity index (χ4v) is 1.96. The van der Waals surface area contributed by atoms with E-state index in [9.17, 15) is 9.59 Å². The van der Waals surface area contributed by atoms with Crippen LogP contribution in [0.5, 0.6) is 0 Å². The molecule has 3 heterocycles. The Hall–Kier alpha value is -2.51. The quantitative estimate of drug-likeness (QED) is 0.734. The fraction of sp³-hybridized carbons (Fsp3) is 0.364. The predicted molar refractivity (Wildman–Crippen MR) is 64.1 cm³/mol. The lowest BCUT2D eigenvalue weighted by Gasteiger charge is -2.26. The van der Waals surface area contributed by atoms with E-state index in [1.807, 2.05) is 6.20 Å². The minimum atomic E-state index is -0.121. The van der Waals surface area contributed by atoms with E-state index in [1.54, 1.807) is 15.6 Å². The molecule has 0 aliphatic carbocycles. The summed E-state index contributed by atoms with van der Waals surface area (Å²) in [6.07, 6.45) is 5.59. The Labute approximate surface area is 108 Å². The summed E-state index contributed by atoms with van der Waals surface area (Å²) in [5, 5.41) is 6.52. The van der Waals surface area contributed by atoms with Crippen LogP contribution in [0.25, 0.3) is 5.78 Å². The Morgan fingerprint density at radius 1 is 1.32 bits per heavy atom. The van der Waals surface area contributed by atoms with Crippen LogP contribution in [0.15, 0.2) is 18.7 Å². The summed E-state index contributed by atoms with van der Waals surface area (Å²) in [7, 11) is 0. The van der Waals surface area contributed by atoms with E-state index in [-0.39, 0.29) is 24.9 Å². The van der Waals surface area contributed by atoms with Crippen molar-refractivity contribution in [3.05, 3.63) is 24.3 Å². The molecule has 1 saturated heterocycles. The number of piperazine rings is 1. The molecule has 0 spiro atoms. The van der Waals surface area contributed by atoms with Gasteiger partial charge in [-0.15, -0.1) is 0 Å². The molecule has 1 N–H and O–H groups in total. The van der Waals surface area contributed by atoms with Gasteiger partial charge in [-0.05, 0) is 12.0 Å². The topological polar surface area (TPSA) is 92.5 Å². The summed E-state index contributed by atoms with van der Waals surface area (Å²) >= 11 is 0. The molecule has 2 amide bonds. The third-order valence-electron chi connectivity index (χ3n) is 2.98. The fourth-order valence-electron chi connectivity index (χ4n) is 1.96. The van der Waals surface area contributed by atoms with Crippen molar-refractivity contribution in [2.75, 3.05) is 19.6 Å². The highest BCUT2D eigenvalue weighted by Gasteiger charge is 2.22. The third-order valence-corrected chi connectivity index (χ3v) is 2.98. The van der Waals surface area contributed by atoms with E-state index in [2.05, 4.69) is 20.4 Å². The van der Waals surface area contributed by atoms with Crippen molar-refractivity contribution in [2.45, 2.75) is 6.42 Å². The Morgan fingerprint density at radius 3 is 3.11 bits per heavy atom. The summed E-state index contributed by atoms with van der Waals surface area (Å²) in [4.78, 5) is 32.5. The first kappa shape index (κ1) is 11.6. The summed E-state index contributed by atoms with van der Waals surface area (Å²) in [5.74, 6) is 0.357. The highest BCUT2D eigenvalue weighted by molar-refractivity contribution is 5.92. The molecule has 0 atom stereocenters. The molecule has 2 aromatic heterocycles. The number of carbonyl (C=O) groups is 2. The van der Waals surface area contributed by atoms with Crippen LogP contribution in [0.4, 0.5) is 0 Å². The lowest BCUT2D eigenvalue weighted by molar-refractivity contribution is -0.140. The second-order valence-electron chi connectivity index (χ2n) is 4.31. The zero-order chi connectivity index (χ0) is 13.2. The molecule has 0 saturated carbocycles. The van der Waals surface area contributed by atoms with Crippen LogP contribution >= 0.6 is 0 Å². The molecule has 0 bridgehead atoms. The number of nitrogens with one attached hydrogen (secondary N) is 1. The Kier molecular flexibility index (Phi) is 2.82. The summed E-state index contributed by atoms with van der Waals surface area (Å²) in [6.45, 7) is 0.700. The molecule has 3 rings (SSSR count). The number of nitrogens with zero attached hydrogens (tertiary/aromatic N) is 5. The third kappa shape index (κ3) is 2.37. The van der Waals surface area contributed by atoms with Crippen LogP contribution < -0.4 is 5.32 Å². The Bertz CT molecular complexity index is 637. The maximum absolute atomic E-state index is 11.6. The molecule has 1 fully saturated rings. The second kappa shape index (κ2) is 4.63. The van der Waals surface area contributed by atoms with Crippen molar-refractivity contribution in [3.63, 3.8) is 0 Å². The number of hydrogen-bond acceptors (Lipinski definition) is 5. The van der Waals surface area contributed by atoms with Crippen LogP contribution in [0, 0.1) is 0 Å².